The molecule has 0 aliphatic carbocycles. The van der Waals surface area contributed by atoms with Crippen LogP contribution in [-0.4, -0.2) is 30.9 Å². The summed E-state index contributed by atoms with van der Waals surface area (Å²) in [6, 6.07) is 0. The fraction of sp³-hybridized carbons (Fsp3) is 0.800. The van der Waals surface area contributed by atoms with Crippen molar-refractivity contribution in [3.63, 3.8) is 0 Å². The Labute approximate surface area is 171 Å². The van der Waals surface area contributed by atoms with E-state index in [0.29, 0.717) is 11.3 Å². The fourth-order valence-corrected chi connectivity index (χ4v) is 2.98. The zero-order valence-electron chi connectivity index (χ0n) is 19.8. The van der Waals surface area contributed by atoms with Crippen molar-refractivity contribution in [3.8, 4) is 0 Å². The van der Waals surface area contributed by atoms with Crippen molar-refractivity contribution in [1.29, 1.82) is 0 Å². The zero-order valence-corrected chi connectivity index (χ0v) is 19.8. The van der Waals surface area contributed by atoms with Crippen LogP contribution >= 0.6 is 0 Å². The maximum Gasteiger partial charge on any atom is 0.0958 e. The fourth-order valence-electron chi connectivity index (χ4n) is 2.98. The van der Waals surface area contributed by atoms with Gasteiger partial charge >= 0.3 is 0 Å². The van der Waals surface area contributed by atoms with Crippen LogP contribution in [-0.2, 0) is 0 Å². The second-order valence-electron chi connectivity index (χ2n) is 9.45. The summed E-state index contributed by atoms with van der Waals surface area (Å²) in [5, 5.41) is 0. The van der Waals surface area contributed by atoms with E-state index in [2.05, 4.69) is 79.1 Å². The highest BCUT2D eigenvalue weighted by molar-refractivity contribution is 5.79. The Balaban J connectivity index is 4.26. The van der Waals surface area contributed by atoms with Crippen molar-refractivity contribution in [2.75, 3.05) is 20.1 Å². The van der Waals surface area contributed by atoms with Crippen LogP contribution in [0.1, 0.15) is 93.4 Å². The van der Waals surface area contributed by atoms with Crippen molar-refractivity contribution in [2.45, 2.75) is 93.4 Å². The van der Waals surface area contributed by atoms with Gasteiger partial charge in [0.05, 0.1) is 12.4 Å². The maximum atomic E-state index is 4.78. The number of rotatable bonds is 14. The third-order valence-corrected chi connectivity index (χ3v) is 5.74. The van der Waals surface area contributed by atoms with Crippen molar-refractivity contribution in [2.24, 2.45) is 22.2 Å². The van der Waals surface area contributed by atoms with Gasteiger partial charge in [0.1, 0.15) is 0 Å². The maximum absolute atomic E-state index is 4.78. The van der Waals surface area contributed by atoms with E-state index in [0.717, 1.165) is 37.7 Å². The van der Waals surface area contributed by atoms with Crippen molar-refractivity contribution >= 4 is 5.84 Å². The minimum Gasteiger partial charge on any atom is -0.364 e. The molecule has 0 aliphatic heterocycles. The highest BCUT2D eigenvalue weighted by atomic mass is 15.2. The first kappa shape index (κ1) is 26.0. The van der Waals surface area contributed by atoms with E-state index in [9.17, 15) is 0 Å². The Bertz CT molecular complexity index is 459. The first-order valence-electron chi connectivity index (χ1n) is 11.1. The molecule has 0 saturated carbocycles. The topological polar surface area (TPSA) is 15.6 Å². The predicted molar refractivity (Wildman–Crippen MR) is 125 cm³/mol. The smallest absolute Gasteiger partial charge is 0.0958 e. The van der Waals surface area contributed by atoms with Gasteiger partial charge in [-0.15, -0.1) is 0 Å². The highest BCUT2D eigenvalue weighted by Crippen LogP contribution is 2.33. The second kappa shape index (κ2) is 14.0. The number of hydrogen-bond acceptors (Lipinski definition) is 1. The van der Waals surface area contributed by atoms with E-state index >= 15 is 0 Å². The third-order valence-electron chi connectivity index (χ3n) is 5.74. The van der Waals surface area contributed by atoms with Crippen molar-refractivity contribution in [1.82, 2.24) is 4.90 Å². The van der Waals surface area contributed by atoms with Crippen LogP contribution in [0, 0.1) is 17.3 Å². The molecule has 0 aromatic heterocycles. The second-order valence-corrected chi connectivity index (χ2v) is 9.45. The summed E-state index contributed by atoms with van der Waals surface area (Å²) < 4.78 is 0. The van der Waals surface area contributed by atoms with Crippen molar-refractivity contribution < 1.29 is 0 Å². The molecule has 0 aliphatic rings. The van der Waals surface area contributed by atoms with Gasteiger partial charge in [-0.3, -0.25) is 4.99 Å². The molecule has 0 amide bonds. The first-order valence-corrected chi connectivity index (χ1v) is 11.1. The molecular weight excluding hydrogens is 328 g/mol. The number of aliphatic imine (C=N–C) groups is 1. The van der Waals surface area contributed by atoms with Gasteiger partial charge in [0.2, 0.25) is 0 Å². The Hall–Kier alpha value is -1.05. The summed E-state index contributed by atoms with van der Waals surface area (Å²) in [5.41, 5.74) is 1.70. The molecule has 0 heterocycles. The molecule has 0 radical (unpaired) electrons. The van der Waals surface area contributed by atoms with Gasteiger partial charge in [-0.05, 0) is 56.3 Å². The van der Waals surface area contributed by atoms with Gasteiger partial charge < -0.3 is 4.90 Å². The van der Waals surface area contributed by atoms with Crippen LogP contribution in [0.4, 0.5) is 0 Å². The number of allylic oxidation sites excluding steroid dienone is 2. The Kier molecular flexibility index (Phi) is 13.5. The van der Waals surface area contributed by atoms with Crippen molar-refractivity contribution in [3.05, 3.63) is 24.3 Å². The van der Waals surface area contributed by atoms with E-state index in [-0.39, 0.29) is 0 Å². The summed E-state index contributed by atoms with van der Waals surface area (Å²) in [5.74, 6) is 2.58. The van der Waals surface area contributed by atoms with E-state index in [1.54, 1.807) is 0 Å². The Morgan fingerprint density at radius 3 is 2.41 bits per heavy atom. The Morgan fingerprint density at radius 1 is 1.19 bits per heavy atom. The normalized spacial score (nSPS) is 15.0. The molecular formula is C25H48N2. The van der Waals surface area contributed by atoms with Gasteiger partial charge in [0.15, 0.2) is 0 Å². The largest absolute Gasteiger partial charge is 0.364 e. The van der Waals surface area contributed by atoms with E-state index < -0.39 is 0 Å². The molecule has 0 spiro atoms. The first-order chi connectivity index (χ1) is 12.6. The number of amidine groups is 1. The van der Waals surface area contributed by atoms with Crippen LogP contribution in [0.3, 0.4) is 0 Å². The summed E-state index contributed by atoms with van der Waals surface area (Å²) in [7, 11) is 2.18. The lowest BCUT2D eigenvalue weighted by Crippen LogP contribution is -2.30. The van der Waals surface area contributed by atoms with Crippen LogP contribution in [0.2, 0.25) is 0 Å². The molecule has 27 heavy (non-hydrogen) atoms. The van der Waals surface area contributed by atoms with E-state index in [1.165, 1.54) is 37.7 Å². The van der Waals surface area contributed by atoms with Gasteiger partial charge in [-0.2, -0.15) is 0 Å². The molecule has 2 nitrogen and oxygen atoms in total. The third kappa shape index (κ3) is 13.7. The van der Waals surface area contributed by atoms with Gasteiger partial charge in [-0.1, -0.05) is 78.7 Å². The molecule has 0 bridgehead atoms. The lowest BCUT2D eigenvalue weighted by molar-refractivity contribution is 0.222. The number of hydrogen-bond donors (Lipinski definition) is 0. The van der Waals surface area contributed by atoms with Gasteiger partial charge in [-0.25, -0.2) is 0 Å². The molecule has 0 rings (SSSR count). The van der Waals surface area contributed by atoms with Gasteiger partial charge in [0, 0.05) is 13.6 Å². The lowest BCUT2D eigenvalue weighted by Gasteiger charge is -2.32. The SMILES string of the molecule is C=C(CCC/C=C\C(C)C)C/N=C(/C)N(C)CCC(C)(CC)CCC(C)C. The highest BCUT2D eigenvalue weighted by Gasteiger charge is 2.22. The standard InChI is InChI=1S/C25H48N2/c1-10-25(8,17-16-22(4)5)18-19-27(9)24(7)26-20-23(6)15-13-11-12-14-21(2)3/h12,14,21-22H,6,10-11,13,15-20H2,1-5,7-9H3/b14-12-,26-24-. The van der Waals surface area contributed by atoms with E-state index in [1.807, 2.05) is 0 Å². The molecule has 0 saturated heterocycles. The molecule has 1 atom stereocenters. The quantitative estimate of drug-likeness (QED) is 0.132. The average molecular weight is 377 g/mol. The van der Waals surface area contributed by atoms with Crippen LogP contribution < -0.4 is 0 Å². The molecule has 1 unspecified atom stereocenters. The lowest BCUT2D eigenvalue weighted by atomic mass is 9.78. The molecule has 0 aromatic carbocycles. The monoisotopic (exact) mass is 376 g/mol. The van der Waals surface area contributed by atoms with Crippen LogP contribution in [0.15, 0.2) is 29.3 Å². The minimum atomic E-state index is 0.450. The molecule has 0 fully saturated rings. The molecule has 2 heteroatoms. The van der Waals surface area contributed by atoms with Crippen LogP contribution in [0.5, 0.6) is 0 Å². The predicted octanol–water partition coefficient (Wildman–Crippen LogP) is 7.52. The zero-order chi connectivity index (χ0) is 20.9. The summed E-state index contributed by atoms with van der Waals surface area (Å²) >= 11 is 0. The number of unbranched alkanes of at least 4 members (excludes halogenated alkanes) is 1. The minimum absolute atomic E-state index is 0.450. The molecule has 0 N–H and O–H groups in total. The summed E-state index contributed by atoms with van der Waals surface area (Å²) in [4.78, 5) is 7.10. The molecule has 0 aromatic rings. The van der Waals surface area contributed by atoms with E-state index in [4.69, 9.17) is 4.99 Å². The summed E-state index contributed by atoms with van der Waals surface area (Å²) in [6.45, 7) is 22.1. The summed E-state index contributed by atoms with van der Waals surface area (Å²) in [6.07, 6.45) is 13.1. The van der Waals surface area contributed by atoms with Gasteiger partial charge in [0.25, 0.3) is 0 Å². The number of nitrogens with zero attached hydrogens (tertiary/aromatic N) is 2. The average Bonchev–Trinajstić information content (AvgIpc) is 2.61. The molecule has 158 valence electrons. The van der Waals surface area contributed by atoms with Crippen LogP contribution in [0.25, 0.3) is 0 Å². The Morgan fingerprint density at radius 2 is 1.85 bits per heavy atom.